The Kier molecular flexibility index (Phi) is 6.04. The van der Waals surface area contributed by atoms with Gasteiger partial charge in [-0.1, -0.05) is 35.9 Å². The van der Waals surface area contributed by atoms with Crippen molar-refractivity contribution < 1.29 is 9.53 Å². The molecule has 26 heavy (non-hydrogen) atoms. The second-order valence-electron chi connectivity index (χ2n) is 5.53. The van der Waals surface area contributed by atoms with Crippen molar-refractivity contribution in [2.24, 2.45) is 0 Å². The topological polar surface area (TPSA) is 51.2 Å². The minimum absolute atomic E-state index is 0.218. The van der Waals surface area contributed by atoms with Gasteiger partial charge in [-0.2, -0.15) is 0 Å². The molecule has 0 saturated carbocycles. The van der Waals surface area contributed by atoms with E-state index in [4.69, 9.17) is 16.3 Å². The lowest BCUT2D eigenvalue weighted by molar-refractivity contribution is -0.111. The standard InChI is InChI=1S/C20H17ClN2O2S/c1-25-17-8-5-14(6-9-17)7-10-19(24)23-20-22-13-18(26-20)12-15-3-2-4-16(21)11-15/h2-11,13H,12H2,1H3,(H,22,23,24)/b10-7+. The van der Waals surface area contributed by atoms with Crippen LogP contribution in [0.1, 0.15) is 16.0 Å². The van der Waals surface area contributed by atoms with E-state index in [1.807, 2.05) is 48.5 Å². The zero-order valence-electron chi connectivity index (χ0n) is 14.1. The van der Waals surface area contributed by atoms with Gasteiger partial charge in [0.1, 0.15) is 5.75 Å². The molecule has 0 aliphatic heterocycles. The summed E-state index contributed by atoms with van der Waals surface area (Å²) in [5, 5.41) is 4.07. The van der Waals surface area contributed by atoms with Crippen LogP contribution in [0.25, 0.3) is 6.08 Å². The van der Waals surface area contributed by atoms with E-state index in [1.165, 1.54) is 17.4 Å². The highest BCUT2D eigenvalue weighted by atomic mass is 35.5. The number of halogens is 1. The lowest BCUT2D eigenvalue weighted by Gasteiger charge is -1.99. The predicted molar refractivity (Wildman–Crippen MR) is 107 cm³/mol. The number of ether oxygens (including phenoxy) is 1. The zero-order chi connectivity index (χ0) is 18.4. The van der Waals surface area contributed by atoms with Gasteiger partial charge >= 0.3 is 0 Å². The summed E-state index contributed by atoms with van der Waals surface area (Å²) in [6.45, 7) is 0. The number of hydrogen-bond acceptors (Lipinski definition) is 4. The molecule has 3 rings (SSSR count). The average molecular weight is 385 g/mol. The monoisotopic (exact) mass is 384 g/mol. The Morgan fingerprint density at radius 3 is 2.81 bits per heavy atom. The summed E-state index contributed by atoms with van der Waals surface area (Å²) in [6, 6.07) is 15.2. The molecular weight excluding hydrogens is 368 g/mol. The van der Waals surface area contributed by atoms with Crippen LogP contribution in [0.5, 0.6) is 5.75 Å². The lowest BCUT2D eigenvalue weighted by atomic mass is 10.1. The number of thiazole rings is 1. The molecule has 0 spiro atoms. The minimum Gasteiger partial charge on any atom is -0.497 e. The molecule has 0 bridgehead atoms. The van der Waals surface area contributed by atoms with E-state index in [-0.39, 0.29) is 5.91 Å². The first-order valence-electron chi connectivity index (χ1n) is 7.94. The number of rotatable bonds is 6. The van der Waals surface area contributed by atoms with E-state index < -0.39 is 0 Å². The van der Waals surface area contributed by atoms with Crippen LogP contribution in [0, 0.1) is 0 Å². The van der Waals surface area contributed by atoms with Gasteiger partial charge in [0.15, 0.2) is 5.13 Å². The third-order valence-electron chi connectivity index (χ3n) is 3.59. The average Bonchev–Trinajstić information content (AvgIpc) is 3.07. The van der Waals surface area contributed by atoms with Crippen molar-refractivity contribution in [3.8, 4) is 5.75 Å². The number of carbonyl (C=O) groups is 1. The Labute approximate surface area is 161 Å². The van der Waals surface area contributed by atoms with Crippen LogP contribution in [-0.4, -0.2) is 18.0 Å². The highest BCUT2D eigenvalue weighted by Gasteiger charge is 2.06. The summed E-state index contributed by atoms with van der Waals surface area (Å²) in [5.41, 5.74) is 2.03. The number of methoxy groups -OCH3 is 1. The Bertz CT molecular complexity index is 920. The van der Waals surface area contributed by atoms with E-state index in [1.54, 1.807) is 19.4 Å². The maximum Gasteiger partial charge on any atom is 0.250 e. The molecule has 4 nitrogen and oxygen atoms in total. The third-order valence-corrected chi connectivity index (χ3v) is 4.74. The molecule has 0 radical (unpaired) electrons. The van der Waals surface area contributed by atoms with Crippen molar-refractivity contribution in [1.82, 2.24) is 4.98 Å². The molecule has 0 aliphatic carbocycles. The summed E-state index contributed by atoms with van der Waals surface area (Å²) >= 11 is 7.46. The van der Waals surface area contributed by atoms with Gasteiger partial charge in [-0.05, 0) is 41.5 Å². The quantitative estimate of drug-likeness (QED) is 0.605. The van der Waals surface area contributed by atoms with Crippen molar-refractivity contribution in [2.75, 3.05) is 12.4 Å². The van der Waals surface area contributed by atoms with Crippen molar-refractivity contribution in [1.29, 1.82) is 0 Å². The summed E-state index contributed by atoms with van der Waals surface area (Å²) in [4.78, 5) is 17.4. The molecule has 132 valence electrons. The smallest absolute Gasteiger partial charge is 0.250 e. The van der Waals surface area contributed by atoms with Crippen LogP contribution in [0.3, 0.4) is 0 Å². The molecule has 1 amide bonds. The molecule has 3 aromatic rings. The molecule has 0 aliphatic rings. The van der Waals surface area contributed by atoms with Crippen LogP contribution in [-0.2, 0) is 11.2 Å². The SMILES string of the molecule is COc1ccc(/C=C/C(=O)Nc2ncc(Cc3cccc(Cl)c3)s2)cc1. The van der Waals surface area contributed by atoms with E-state index in [2.05, 4.69) is 10.3 Å². The minimum atomic E-state index is -0.218. The van der Waals surface area contributed by atoms with Gasteiger partial charge in [0.2, 0.25) is 5.91 Å². The van der Waals surface area contributed by atoms with E-state index >= 15 is 0 Å². The lowest BCUT2D eigenvalue weighted by Crippen LogP contribution is -2.07. The largest absolute Gasteiger partial charge is 0.497 e. The van der Waals surface area contributed by atoms with Crippen LogP contribution in [0.2, 0.25) is 5.02 Å². The molecular formula is C20H17ClN2O2S. The Hall–Kier alpha value is -2.63. The number of nitrogens with zero attached hydrogens (tertiary/aromatic N) is 1. The molecule has 1 N–H and O–H groups in total. The Balaban J connectivity index is 1.57. The molecule has 6 heteroatoms. The fourth-order valence-corrected chi connectivity index (χ4v) is 3.39. The van der Waals surface area contributed by atoms with Gasteiger partial charge in [-0.15, -0.1) is 11.3 Å². The predicted octanol–water partition coefficient (Wildman–Crippen LogP) is 5.05. The number of anilines is 1. The molecule has 1 aromatic heterocycles. The number of hydrogen-bond donors (Lipinski definition) is 1. The number of carbonyl (C=O) groups excluding carboxylic acids is 1. The maximum atomic E-state index is 12.0. The summed E-state index contributed by atoms with van der Waals surface area (Å²) < 4.78 is 5.11. The Morgan fingerprint density at radius 1 is 1.27 bits per heavy atom. The number of benzene rings is 2. The van der Waals surface area contributed by atoms with Crippen LogP contribution < -0.4 is 10.1 Å². The molecule has 2 aromatic carbocycles. The molecule has 0 atom stereocenters. The highest BCUT2D eigenvalue weighted by molar-refractivity contribution is 7.15. The van der Waals surface area contributed by atoms with Crippen molar-refractivity contribution >= 4 is 40.1 Å². The fraction of sp³-hybridized carbons (Fsp3) is 0.100. The highest BCUT2D eigenvalue weighted by Crippen LogP contribution is 2.22. The summed E-state index contributed by atoms with van der Waals surface area (Å²) in [5.74, 6) is 0.561. The number of aromatic nitrogens is 1. The van der Waals surface area contributed by atoms with Gasteiger partial charge < -0.3 is 4.74 Å². The summed E-state index contributed by atoms with van der Waals surface area (Å²) in [7, 11) is 1.62. The van der Waals surface area contributed by atoms with Crippen molar-refractivity contribution in [3.63, 3.8) is 0 Å². The van der Waals surface area contributed by atoms with E-state index in [0.717, 1.165) is 28.2 Å². The van der Waals surface area contributed by atoms with E-state index in [9.17, 15) is 4.79 Å². The molecule has 0 fully saturated rings. The third kappa shape index (κ3) is 5.18. The second-order valence-corrected chi connectivity index (χ2v) is 7.09. The van der Waals surface area contributed by atoms with Gasteiger partial charge in [-0.3, -0.25) is 10.1 Å². The molecule has 1 heterocycles. The van der Waals surface area contributed by atoms with Gasteiger partial charge in [0, 0.05) is 28.6 Å². The van der Waals surface area contributed by atoms with Crippen LogP contribution in [0.15, 0.2) is 60.8 Å². The first-order valence-corrected chi connectivity index (χ1v) is 9.14. The fourth-order valence-electron chi connectivity index (χ4n) is 2.33. The van der Waals surface area contributed by atoms with Crippen LogP contribution in [0.4, 0.5) is 5.13 Å². The number of nitrogens with one attached hydrogen (secondary N) is 1. The van der Waals surface area contributed by atoms with Gasteiger partial charge in [0.05, 0.1) is 7.11 Å². The van der Waals surface area contributed by atoms with Crippen molar-refractivity contribution in [3.05, 3.63) is 81.8 Å². The van der Waals surface area contributed by atoms with Crippen molar-refractivity contribution in [2.45, 2.75) is 6.42 Å². The molecule has 0 saturated heterocycles. The first-order chi connectivity index (χ1) is 12.6. The Morgan fingerprint density at radius 2 is 2.08 bits per heavy atom. The number of amides is 1. The normalized spacial score (nSPS) is 10.8. The zero-order valence-corrected chi connectivity index (χ0v) is 15.7. The molecule has 0 unspecified atom stereocenters. The second kappa shape index (κ2) is 8.65. The van der Waals surface area contributed by atoms with E-state index in [0.29, 0.717) is 10.2 Å². The van der Waals surface area contributed by atoms with Crippen LogP contribution >= 0.6 is 22.9 Å². The van der Waals surface area contributed by atoms with Gasteiger partial charge in [0.25, 0.3) is 0 Å². The van der Waals surface area contributed by atoms with Gasteiger partial charge in [-0.25, -0.2) is 4.98 Å². The maximum absolute atomic E-state index is 12.0. The first kappa shape index (κ1) is 18.2. The summed E-state index contributed by atoms with van der Waals surface area (Å²) in [6.07, 6.45) is 5.74.